The largest absolute Gasteiger partial charge is 0.311 e. The van der Waals surface area contributed by atoms with E-state index in [1.807, 2.05) is 24.3 Å². The normalized spacial score (nSPS) is 19.7. The molecule has 0 radical (unpaired) electrons. The molecule has 2 aliphatic rings. The Kier molecular flexibility index (Phi) is 5.62. The lowest BCUT2D eigenvalue weighted by Gasteiger charge is -2.33. The predicted molar refractivity (Wildman–Crippen MR) is 131 cm³/mol. The highest BCUT2D eigenvalue weighted by molar-refractivity contribution is 8.01. The first kappa shape index (κ1) is 21.7. The number of thioether (sulfide) groups is 1. The highest BCUT2D eigenvalue weighted by Crippen LogP contribution is 2.55. The van der Waals surface area contributed by atoms with Gasteiger partial charge in [-0.05, 0) is 48.0 Å². The van der Waals surface area contributed by atoms with Gasteiger partial charge in [-0.25, -0.2) is 0 Å². The van der Waals surface area contributed by atoms with E-state index >= 15 is 0 Å². The SMILES string of the molecule is O=C(c1cccc(Cl)c1)N1CCS[C@@]12C(=O)N(Cc1ccccc1Cl)c1ccc(Cl)cc12. The number of hydrogen-bond acceptors (Lipinski definition) is 3. The number of fused-ring (bicyclic) bond motifs is 2. The molecule has 2 amide bonds. The van der Waals surface area contributed by atoms with Crippen molar-refractivity contribution in [1.29, 1.82) is 0 Å². The maximum Gasteiger partial charge on any atom is 0.268 e. The van der Waals surface area contributed by atoms with Crippen LogP contribution in [0.1, 0.15) is 21.5 Å². The van der Waals surface area contributed by atoms with Gasteiger partial charge < -0.3 is 9.80 Å². The lowest BCUT2D eigenvalue weighted by atomic mass is 10.0. The van der Waals surface area contributed by atoms with Crippen LogP contribution in [0.5, 0.6) is 0 Å². The molecule has 0 aliphatic carbocycles. The summed E-state index contributed by atoms with van der Waals surface area (Å²) in [5, 5.41) is 1.57. The Balaban J connectivity index is 1.61. The van der Waals surface area contributed by atoms with E-state index in [4.69, 9.17) is 34.8 Å². The number of hydrogen-bond donors (Lipinski definition) is 0. The summed E-state index contributed by atoms with van der Waals surface area (Å²) in [6.45, 7) is 0.738. The molecule has 0 aromatic heterocycles. The number of carbonyl (C=O) groups is 2. The Bertz CT molecular complexity index is 1250. The van der Waals surface area contributed by atoms with Gasteiger partial charge in [0, 0.05) is 38.5 Å². The average molecular weight is 504 g/mol. The Morgan fingerprint density at radius 3 is 2.53 bits per heavy atom. The van der Waals surface area contributed by atoms with Gasteiger partial charge in [-0.3, -0.25) is 9.59 Å². The summed E-state index contributed by atoms with van der Waals surface area (Å²) in [5.74, 6) is 0.216. The van der Waals surface area contributed by atoms with Crippen molar-refractivity contribution in [2.45, 2.75) is 11.4 Å². The average Bonchev–Trinajstić information content (AvgIpc) is 3.32. The number of carbonyl (C=O) groups excluding carboxylic acids is 2. The lowest BCUT2D eigenvalue weighted by Crippen LogP contribution is -2.50. The zero-order chi connectivity index (χ0) is 22.5. The molecular formula is C24H17Cl3N2O2S. The molecule has 1 atom stereocenters. The maximum absolute atomic E-state index is 14.0. The van der Waals surface area contributed by atoms with Crippen molar-refractivity contribution >= 4 is 64.1 Å². The Hall–Kier alpha value is -2.18. The van der Waals surface area contributed by atoms with Crippen LogP contribution in [0.4, 0.5) is 5.69 Å². The molecular weight excluding hydrogens is 487 g/mol. The minimum absolute atomic E-state index is 0.174. The molecule has 1 fully saturated rings. The van der Waals surface area contributed by atoms with Crippen molar-refractivity contribution in [3.63, 3.8) is 0 Å². The highest BCUT2D eigenvalue weighted by atomic mass is 35.5. The minimum atomic E-state index is -1.18. The van der Waals surface area contributed by atoms with Crippen LogP contribution in [0.15, 0.2) is 66.7 Å². The standard InChI is InChI=1S/C24H17Cl3N2O2S/c25-17-6-3-5-15(12-17)22(30)29-10-11-32-24(29)19-13-18(26)8-9-21(19)28(23(24)31)14-16-4-1-2-7-20(16)27/h1-9,12-13H,10-11,14H2/t24-/m0/s1. The molecule has 0 unspecified atom stereocenters. The number of benzene rings is 3. The Morgan fingerprint density at radius 2 is 1.75 bits per heavy atom. The lowest BCUT2D eigenvalue weighted by molar-refractivity contribution is -0.123. The van der Waals surface area contributed by atoms with Crippen molar-refractivity contribution in [2.75, 3.05) is 17.2 Å². The third-order valence-electron chi connectivity index (χ3n) is 5.76. The topological polar surface area (TPSA) is 40.6 Å². The van der Waals surface area contributed by atoms with Crippen LogP contribution in [0.3, 0.4) is 0 Å². The molecule has 3 aromatic rings. The smallest absolute Gasteiger partial charge is 0.268 e. The molecule has 5 rings (SSSR count). The molecule has 32 heavy (non-hydrogen) atoms. The van der Waals surface area contributed by atoms with Gasteiger partial charge in [0.15, 0.2) is 4.87 Å². The second kappa shape index (κ2) is 8.31. The van der Waals surface area contributed by atoms with Gasteiger partial charge in [0.05, 0.1) is 12.2 Å². The zero-order valence-electron chi connectivity index (χ0n) is 16.7. The van der Waals surface area contributed by atoms with Crippen LogP contribution < -0.4 is 4.90 Å². The molecule has 0 bridgehead atoms. The summed E-state index contributed by atoms with van der Waals surface area (Å²) >= 11 is 20.3. The predicted octanol–water partition coefficient (Wildman–Crippen LogP) is 6.24. The molecule has 1 spiro atoms. The number of amides is 2. The van der Waals surface area contributed by atoms with Gasteiger partial charge in [0.1, 0.15) is 0 Å². The third-order valence-corrected chi connectivity index (χ3v) is 8.02. The van der Waals surface area contributed by atoms with E-state index in [1.54, 1.807) is 52.3 Å². The van der Waals surface area contributed by atoms with E-state index in [2.05, 4.69) is 0 Å². The molecule has 162 valence electrons. The van der Waals surface area contributed by atoms with E-state index in [0.717, 1.165) is 16.8 Å². The highest BCUT2D eigenvalue weighted by Gasteiger charge is 2.59. The summed E-state index contributed by atoms with van der Waals surface area (Å²) in [6.07, 6.45) is 0. The van der Waals surface area contributed by atoms with E-state index < -0.39 is 4.87 Å². The molecule has 3 aromatic carbocycles. The first-order valence-corrected chi connectivity index (χ1v) is 12.1. The first-order valence-electron chi connectivity index (χ1n) is 9.99. The van der Waals surface area contributed by atoms with Gasteiger partial charge in [0.25, 0.3) is 11.8 Å². The van der Waals surface area contributed by atoms with E-state index in [9.17, 15) is 9.59 Å². The molecule has 2 aliphatic heterocycles. The molecule has 0 N–H and O–H groups in total. The second-order valence-electron chi connectivity index (χ2n) is 7.60. The third kappa shape index (κ3) is 3.39. The summed E-state index contributed by atoms with van der Waals surface area (Å²) in [6, 6.07) is 19.6. The number of halogens is 3. The van der Waals surface area contributed by atoms with Crippen LogP contribution in [0.25, 0.3) is 0 Å². The van der Waals surface area contributed by atoms with Crippen molar-refractivity contribution in [3.8, 4) is 0 Å². The first-order chi connectivity index (χ1) is 15.4. The molecule has 1 saturated heterocycles. The van der Waals surface area contributed by atoms with Crippen LogP contribution >= 0.6 is 46.6 Å². The van der Waals surface area contributed by atoms with Crippen LogP contribution in [-0.4, -0.2) is 29.0 Å². The van der Waals surface area contributed by atoms with Crippen molar-refractivity contribution in [3.05, 3.63) is 98.5 Å². The number of nitrogens with zero attached hydrogens (tertiary/aromatic N) is 2. The number of rotatable bonds is 3. The van der Waals surface area contributed by atoms with Gasteiger partial charge in [-0.15, -0.1) is 11.8 Å². The van der Waals surface area contributed by atoms with Crippen LogP contribution in [0.2, 0.25) is 15.1 Å². The molecule has 4 nitrogen and oxygen atoms in total. The van der Waals surface area contributed by atoms with Gasteiger partial charge in [-0.2, -0.15) is 0 Å². The van der Waals surface area contributed by atoms with Crippen molar-refractivity contribution < 1.29 is 9.59 Å². The molecule has 0 saturated carbocycles. The number of anilines is 1. The Labute approximate surface area is 205 Å². The fraction of sp³-hybridized carbons (Fsp3) is 0.167. The second-order valence-corrected chi connectivity index (χ2v) is 10.2. The van der Waals surface area contributed by atoms with E-state index in [0.29, 0.717) is 39.5 Å². The zero-order valence-corrected chi connectivity index (χ0v) is 19.8. The summed E-state index contributed by atoms with van der Waals surface area (Å²) < 4.78 is 0. The van der Waals surface area contributed by atoms with Gasteiger partial charge in [0.2, 0.25) is 0 Å². The monoisotopic (exact) mass is 502 g/mol. The van der Waals surface area contributed by atoms with E-state index in [1.165, 1.54) is 11.8 Å². The van der Waals surface area contributed by atoms with Gasteiger partial charge in [-0.1, -0.05) is 59.1 Å². The van der Waals surface area contributed by atoms with Crippen molar-refractivity contribution in [2.24, 2.45) is 0 Å². The van der Waals surface area contributed by atoms with Gasteiger partial charge >= 0.3 is 0 Å². The fourth-order valence-electron chi connectivity index (χ4n) is 4.32. The summed E-state index contributed by atoms with van der Waals surface area (Å²) in [5.41, 5.74) is 2.73. The summed E-state index contributed by atoms with van der Waals surface area (Å²) in [7, 11) is 0. The van der Waals surface area contributed by atoms with Crippen LogP contribution in [0, 0.1) is 0 Å². The van der Waals surface area contributed by atoms with E-state index in [-0.39, 0.29) is 11.8 Å². The Morgan fingerprint density at radius 1 is 0.969 bits per heavy atom. The van der Waals surface area contributed by atoms with Crippen LogP contribution in [-0.2, 0) is 16.2 Å². The molecule has 8 heteroatoms. The fourth-order valence-corrected chi connectivity index (χ4v) is 6.33. The minimum Gasteiger partial charge on any atom is -0.311 e. The summed E-state index contributed by atoms with van der Waals surface area (Å²) in [4.78, 5) is 29.7. The quantitative estimate of drug-likeness (QED) is 0.425. The van der Waals surface area contributed by atoms with Crippen molar-refractivity contribution in [1.82, 2.24) is 4.90 Å². The maximum atomic E-state index is 14.0. The molecule has 2 heterocycles.